The van der Waals surface area contributed by atoms with Gasteiger partial charge >= 0.3 is 0 Å². The van der Waals surface area contributed by atoms with E-state index in [-0.39, 0.29) is 6.61 Å². The maximum Gasteiger partial charge on any atom is 0.129 e. The van der Waals surface area contributed by atoms with E-state index in [0.717, 1.165) is 12.3 Å². The van der Waals surface area contributed by atoms with Gasteiger partial charge in [0.25, 0.3) is 0 Å². The lowest BCUT2D eigenvalue weighted by atomic mass is 10.4. The number of hydrogen-bond acceptors (Lipinski definition) is 4. The highest BCUT2D eigenvalue weighted by Gasteiger charge is 2.00. The van der Waals surface area contributed by atoms with E-state index in [1.54, 1.807) is 6.07 Å². The van der Waals surface area contributed by atoms with Crippen molar-refractivity contribution in [2.24, 2.45) is 0 Å². The summed E-state index contributed by atoms with van der Waals surface area (Å²) in [4.78, 5) is 0. The predicted molar refractivity (Wildman–Crippen MR) is 59.9 cm³/mol. The first-order chi connectivity index (χ1) is 7.26. The van der Waals surface area contributed by atoms with Crippen LogP contribution in [0.3, 0.4) is 0 Å². The summed E-state index contributed by atoms with van der Waals surface area (Å²) in [5, 5.41) is 11.9. The standard InChI is InChI=1S/C10H17NO3S/c1-2-15(13)6-5-11-7-9-3-4-10(8-12)14-9/h3-4,11-12H,2,5-8H2,1H3. The molecule has 0 fully saturated rings. The van der Waals surface area contributed by atoms with Gasteiger partial charge in [0, 0.05) is 28.9 Å². The molecule has 0 amide bonds. The van der Waals surface area contributed by atoms with Gasteiger partial charge in [-0.2, -0.15) is 0 Å². The molecule has 0 radical (unpaired) electrons. The summed E-state index contributed by atoms with van der Waals surface area (Å²) in [7, 11) is -0.714. The summed E-state index contributed by atoms with van der Waals surface area (Å²) in [6.07, 6.45) is 0. The van der Waals surface area contributed by atoms with Crippen LogP contribution in [0.5, 0.6) is 0 Å². The first kappa shape index (κ1) is 12.4. The van der Waals surface area contributed by atoms with Crippen molar-refractivity contribution in [2.45, 2.75) is 20.1 Å². The zero-order valence-corrected chi connectivity index (χ0v) is 9.68. The van der Waals surface area contributed by atoms with Crippen molar-refractivity contribution in [3.63, 3.8) is 0 Å². The van der Waals surface area contributed by atoms with Gasteiger partial charge < -0.3 is 14.8 Å². The number of aliphatic hydroxyl groups excluding tert-OH is 1. The van der Waals surface area contributed by atoms with Gasteiger partial charge in [0.15, 0.2) is 0 Å². The Morgan fingerprint density at radius 1 is 1.47 bits per heavy atom. The van der Waals surface area contributed by atoms with Crippen LogP contribution in [0.1, 0.15) is 18.4 Å². The Kier molecular flexibility index (Phi) is 5.60. The zero-order chi connectivity index (χ0) is 11.1. The van der Waals surface area contributed by atoms with Crippen LogP contribution in [0.25, 0.3) is 0 Å². The lowest BCUT2D eigenvalue weighted by Gasteiger charge is -2.01. The van der Waals surface area contributed by atoms with Gasteiger partial charge in [-0.3, -0.25) is 4.21 Å². The molecule has 0 aliphatic rings. The smallest absolute Gasteiger partial charge is 0.129 e. The molecule has 4 nitrogen and oxygen atoms in total. The fraction of sp³-hybridized carbons (Fsp3) is 0.600. The minimum Gasteiger partial charge on any atom is -0.462 e. The highest BCUT2D eigenvalue weighted by Crippen LogP contribution is 2.06. The first-order valence-electron chi connectivity index (χ1n) is 5.00. The fourth-order valence-corrected chi connectivity index (χ4v) is 1.80. The van der Waals surface area contributed by atoms with Gasteiger partial charge in [0.2, 0.25) is 0 Å². The van der Waals surface area contributed by atoms with E-state index in [1.165, 1.54) is 0 Å². The molecule has 0 aliphatic heterocycles. The van der Waals surface area contributed by atoms with Crippen molar-refractivity contribution < 1.29 is 13.7 Å². The van der Waals surface area contributed by atoms with Gasteiger partial charge in [-0.15, -0.1) is 0 Å². The number of furan rings is 1. The third-order valence-electron chi connectivity index (χ3n) is 2.00. The van der Waals surface area contributed by atoms with E-state index in [4.69, 9.17) is 9.52 Å². The molecular formula is C10H17NO3S. The monoisotopic (exact) mass is 231 g/mol. The molecule has 5 heteroatoms. The van der Waals surface area contributed by atoms with Crippen molar-refractivity contribution in [3.8, 4) is 0 Å². The minimum atomic E-state index is -0.714. The zero-order valence-electron chi connectivity index (χ0n) is 8.86. The Morgan fingerprint density at radius 3 is 2.80 bits per heavy atom. The lowest BCUT2D eigenvalue weighted by molar-refractivity contribution is 0.243. The molecule has 1 heterocycles. The average Bonchev–Trinajstić information content (AvgIpc) is 2.72. The van der Waals surface area contributed by atoms with Crippen LogP contribution in [0, 0.1) is 0 Å². The number of rotatable bonds is 7. The molecule has 0 saturated heterocycles. The van der Waals surface area contributed by atoms with Gasteiger partial charge in [-0.25, -0.2) is 0 Å². The molecular weight excluding hydrogens is 214 g/mol. The van der Waals surface area contributed by atoms with Crippen LogP contribution in [0.2, 0.25) is 0 Å². The van der Waals surface area contributed by atoms with Crippen LogP contribution in [0.4, 0.5) is 0 Å². The van der Waals surface area contributed by atoms with E-state index in [9.17, 15) is 4.21 Å². The SMILES string of the molecule is CCS(=O)CCNCc1ccc(CO)o1. The van der Waals surface area contributed by atoms with E-state index >= 15 is 0 Å². The first-order valence-corrected chi connectivity index (χ1v) is 6.49. The molecule has 1 unspecified atom stereocenters. The normalized spacial score (nSPS) is 12.9. The summed E-state index contributed by atoms with van der Waals surface area (Å²) in [6, 6.07) is 3.58. The van der Waals surface area contributed by atoms with E-state index < -0.39 is 10.8 Å². The molecule has 1 aromatic rings. The summed E-state index contributed by atoms with van der Waals surface area (Å²) >= 11 is 0. The Morgan fingerprint density at radius 2 is 2.20 bits per heavy atom. The second kappa shape index (κ2) is 6.76. The van der Waals surface area contributed by atoms with Crippen molar-refractivity contribution in [1.29, 1.82) is 0 Å². The summed E-state index contributed by atoms with van der Waals surface area (Å²) in [5.41, 5.74) is 0. The third-order valence-corrected chi connectivity index (χ3v) is 3.30. The van der Waals surface area contributed by atoms with E-state index in [2.05, 4.69) is 5.32 Å². The molecule has 15 heavy (non-hydrogen) atoms. The number of nitrogens with one attached hydrogen (secondary N) is 1. The highest BCUT2D eigenvalue weighted by atomic mass is 32.2. The van der Waals surface area contributed by atoms with E-state index in [0.29, 0.717) is 23.8 Å². The molecule has 1 aromatic heterocycles. The van der Waals surface area contributed by atoms with Gasteiger partial charge in [0.1, 0.15) is 18.1 Å². The van der Waals surface area contributed by atoms with Crippen LogP contribution in [-0.2, 0) is 24.0 Å². The van der Waals surface area contributed by atoms with Crippen LogP contribution in [0.15, 0.2) is 16.5 Å². The van der Waals surface area contributed by atoms with Crippen molar-refractivity contribution in [1.82, 2.24) is 5.32 Å². The van der Waals surface area contributed by atoms with Crippen LogP contribution < -0.4 is 5.32 Å². The van der Waals surface area contributed by atoms with Crippen molar-refractivity contribution >= 4 is 10.8 Å². The molecule has 86 valence electrons. The highest BCUT2D eigenvalue weighted by molar-refractivity contribution is 7.84. The van der Waals surface area contributed by atoms with Gasteiger partial charge in [-0.1, -0.05) is 6.92 Å². The maximum atomic E-state index is 11.1. The summed E-state index contributed by atoms with van der Waals surface area (Å²) in [5.74, 6) is 2.74. The van der Waals surface area contributed by atoms with Gasteiger partial charge in [-0.05, 0) is 12.1 Å². The molecule has 0 saturated carbocycles. The third kappa shape index (κ3) is 4.59. The largest absolute Gasteiger partial charge is 0.462 e. The van der Waals surface area contributed by atoms with Crippen LogP contribution >= 0.6 is 0 Å². The lowest BCUT2D eigenvalue weighted by Crippen LogP contribution is -2.20. The quantitative estimate of drug-likeness (QED) is 0.676. The minimum absolute atomic E-state index is 0.0696. The Balaban J connectivity index is 2.17. The second-order valence-corrected chi connectivity index (χ2v) is 5.00. The molecule has 1 rings (SSSR count). The van der Waals surface area contributed by atoms with Crippen LogP contribution in [-0.4, -0.2) is 27.4 Å². The van der Waals surface area contributed by atoms with Gasteiger partial charge in [0.05, 0.1) is 6.54 Å². The Bertz CT molecular complexity index is 311. The molecule has 1 atom stereocenters. The topological polar surface area (TPSA) is 62.5 Å². The molecule has 0 aromatic carbocycles. The molecule has 0 spiro atoms. The summed E-state index contributed by atoms with van der Waals surface area (Å²) in [6.45, 7) is 3.17. The average molecular weight is 231 g/mol. The predicted octanol–water partition coefficient (Wildman–Crippen LogP) is 0.630. The molecule has 2 N–H and O–H groups in total. The number of hydrogen-bond donors (Lipinski definition) is 2. The summed E-state index contributed by atoms with van der Waals surface area (Å²) < 4.78 is 16.4. The van der Waals surface area contributed by atoms with Crippen molar-refractivity contribution in [3.05, 3.63) is 23.7 Å². The molecule has 0 bridgehead atoms. The Hall–Kier alpha value is -0.650. The molecule has 0 aliphatic carbocycles. The Labute approximate surface area is 92.1 Å². The fourth-order valence-electron chi connectivity index (χ4n) is 1.14. The van der Waals surface area contributed by atoms with Crippen molar-refractivity contribution in [2.75, 3.05) is 18.1 Å². The maximum absolute atomic E-state index is 11.1. The second-order valence-electron chi connectivity index (χ2n) is 3.14. The van der Waals surface area contributed by atoms with E-state index in [1.807, 2.05) is 13.0 Å². The number of aliphatic hydroxyl groups is 1.